The average Bonchev–Trinajstić information content (AvgIpc) is 2.94. The quantitative estimate of drug-likeness (QED) is 0.820. The number of rotatable bonds is 4. The smallest absolute Gasteiger partial charge is 0.230 e. The van der Waals surface area contributed by atoms with Crippen LogP contribution in [0.25, 0.3) is 10.2 Å². The lowest BCUT2D eigenvalue weighted by atomic mass is 9.53. The Labute approximate surface area is 150 Å². The van der Waals surface area contributed by atoms with Crippen molar-refractivity contribution in [3.8, 4) is 0 Å². The van der Waals surface area contributed by atoms with Gasteiger partial charge in [-0.1, -0.05) is 23.9 Å². The van der Waals surface area contributed by atoms with E-state index in [0.29, 0.717) is 5.75 Å². The summed E-state index contributed by atoms with van der Waals surface area (Å²) in [6, 6.07) is 8.17. The Kier molecular flexibility index (Phi) is 3.63. The summed E-state index contributed by atoms with van der Waals surface area (Å²) in [5.74, 6) is 3.29. The van der Waals surface area contributed by atoms with Crippen molar-refractivity contribution in [2.75, 3.05) is 5.75 Å². The van der Waals surface area contributed by atoms with Gasteiger partial charge in [0.2, 0.25) is 5.91 Å². The molecule has 0 unspecified atom stereocenters. The average molecular weight is 359 g/mol. The van der Waals surface area contributed by atoms with Gasteiger partial charge in [0.15, 0.2) is 4.34 Å². The van der Waals surface area contributed by atoms with Gasteiger partial charge in [-0.05, 0) is 68.4 Å². The van der Waals surface area contributed by atoms with Gasteiger partial charge in [0, 0.05) is 5.54 Å². The van der Waals surface area contributed by atoms with Crippen LogP contribution in [0.4, 0.5) is 0 Å². The van der Waals surface area contributed by atoms with E-state index < -0.39 is 0 Å². The number of para-hydroxylation sites is 1. The van der Waals surface area contributed by atoms with Gasteiger partial charge >= 0.3 is 0 Å². The zero-order valence-electron chi connectivity index (χ0n) is 13.7. The van der Waals surface area contributed by atoms with Gasteiger partial charge in [-0.15, -0.1) is 11.3 Å². The van der Waals surface area contributed by atoms with Crippen LogP contribution >= 0.6 is 23.1 Å². The van der Waals surface area contributed by atoms with Crippen LogP contribution in [0.2, 0.25) is 0 Å². The number of fused-ring (bicyclic) bond motifs is 1. The van der Waals surface area contributed by atoms with E-state index in [9.17, 15) is 4.79 Å². The molecule has 0 spiro atoms. The largest absolute Gasteiger partial charge is 0.350 e. The van der Waals surface area contributed by atoms with Crippen molar-refractivity contribution in [2.24, 2.45) is 17.8 Å². The molecule has 2 aromatic rings. The fraction of sp³-hybridized carbons (Fsp3) is 0.579. The van der Waals surface area contributed by atoms with Gasteiger partial charge in [0.1, 0.15) is 0 Å². The third-order valence-corrected chi connectivity index (χ3v) is 8.22. The summed E-state index contributed by atoms with van der Waals surface area (Å²) < 4.78 is 2.19. The standard InChI is InChI=1S/C19H22N2OS2/c22-17(11-23-18-20-15-3-1-2-4-16(15)24-18)21-19-8-12-5-13(9-19)7-14(6-12)10-19/h1-4,12-14H,5-11H2,(H,21,22). The first kappa shape index (κ1) is 15.2. The summed E-state index contributed by atoms with van der Waals surface area (Å²) in [4.78, 5) is 17.2. The first-order chi connectivity index (χ1) is 11.7. The molecule has 0 atom stereocenters. The number of amides is 1. The van der Waals surface area contributed by atoms with Crippen LogP contribution in [0.3, 0.4) is 0 Å². The molecule has 1 heterocycles. The highest BCUT2D eigenvalue weighted by molar-refractivity contribution is 8.01. The number of thioether (sulfide) groups is 1. The lowest BCUT2D eigenvalue weighted by Crippen LogP contribution is -2.60. The molecule has 1 aromatic carbocycles. The Morgan fingerprint density at radius 1 is 1.17 bits per heavy atom. The van der Waals surface area contributed by atoms with E-state index in [4.69, 9.17) is 0 Å². The molecule has 126 valence electrons. The van der Waals surface area contributed by atoms with Gasteiger partial charge < -0.3 is 5.32 Å². The highest BCUT2D eigenvalue weighted by Gasteiger charge is 2.51. The molecular formula is C19H22N2OS2. The van der Waals surface area contributed by atoms with E-state index >= 15 is 0 Å². The van der Waals surface area contributed by atoms with Crippen molar-refractivity contribution >= 4 is 39.2 Å². The molecule has 5 heteroatoms. The second-order valence-electron chi connectivity index (χ2n) is 7.98. The van der Waals surface area contributed by atoms with Crippen molar-refractivity contribution in [2.45, 2.75) is 48.4 Å². The minimum atomic E-state index is 0.125. The van der Waals surface area contributed by atoms with Crippen LogP contribution < -0.4 is 5.32 Å². The minimum Gasteiger partial charge on any atom is -0.350 e. The molecule has 4 saturated carbocycles. The number of carbonyl (C=O) groups is 1. The predicted molar refractivity (Wildman–Crippen MR) is 99.4 cm³/mol. The summed E-state index contributed by atoms with van der Waals surface area (Å²) in [5, 5.41) is 3.45. The topological polar surface area (TPSA) is 42.0 Å². The molecular weight excluding hydrogens is 336 g/mol. The third kappa shape index (κ3) is 2.76. The Hall–Kier alpha value is -1.07. The number of hydrogen-bond acceptors (Lipinski definition) is 4. The van der Waals surface area contributed by atoms with Crippen molar-refractivity contribution in [3.63, 3.8) is 0 Å². The fourth-order valence-corrected chi connectivity index (χ4v) is 7.50. The van der Waals surface area contributed by atoms with Crippen LogP contribution in [0, 0.1) is 17.8 Å². The van der Waals surface area contributed by atoms with Crippen molar-refractivity contribution in [1.82, 2.24) is 10.3 Å². The molecule has 4 aliphatic carbocycles. The minimum absolute atomic E-state index is 0.125. The van der Waals surface area contributed by atoms with E-state index in [1.165, 1.54) is 43.2 Å². The second kappa shape index (κ2) is 5.73. The van der Waals surface area contributed by atoms with Crippen LogP contribution in [0.1, 0.15) is 38.5 Å². The zero-order valence-corrected chi connectivity index (χ0v) is 15.3. The lowest BCUT2D eigenvalue weighted by molar-refractivity contribution is -0.124. The maximum atomic E-state index is 12.6. The first-order valence-electron chi connectivity index (χ1n) is 8.97. The molecule has 1 amide bonds. The molecule has 4 fully saturated rings. The normalized spacial score (nSPS) is 33.9. The molecule has 6 rings (SSSR count). The highest BCUT2D eigenvalue weighted by atomic mass is 32.2. The van der Waals surface area contributed by atoms with E-state index in [0.717, 1.165) is 27.6 Å². The van der Waals surface area contributed by atoms with Gasteiger partial charge in [-0.2, -0.15) is 0 Å². The monoisotopic (exact) mass is 358 g/mol. The Balaban J connectivity index is 1.23. The fourth-order valence-electron chi connectivity index (χ4n) is 5.64. The van der Waals surface area contributed by atoms with Crippen molar-refractivity contribution in [3.05, 3.63) is 24.3 Å². The van der Waals surface area contributed by atoms with E-state index in [1.807, 2.05) is 18.2 Å². The summed E-state index contributed by atoms with van der Waals surface area (Å²) in [5.41, 5.74) is 1.16. The predicted octanol–water partition coefficient (Wildman–Crippen LogP) is 4.47. The Morgan fingerprint density at radius 3 is 2.50 bits per heavy atom. The number of thiazole rings is 1. The summed E-state index contributed by atoms with van der Waals surface area (Å²) in [7, 11) is 0. The first-order valence-corrected chi connectivity index (χ1v) is 10.8. The molecule has 4 aliphatic rings. The summed E-state index contributed by atoms with van der Waals surface area (Å²) in [6.07, 6.45) is 7.89. The highest BCUT2D eigenvalue weighted by Crippen LogP contribution is 2.55. The van der Waals surface area contributed by atoms with E-state index in [2.05, 4.69) is 16.4 Å². The molecule has 4 bridgehead atoms. The lowest BCUT2D eigenvalue weighted by Gasteiger charge is -2.56. The van der Waals surface area contributed by atoms with E-state index in [1.54, 1.807) is 23.1 Å². The van der Waals surface area contributed by atoms with Crippen molar-refractivity contribution < 1.29 is 4.79 Å². The number of benzene rings is 1. The number of hydrogen-bond donors (Lipinski definition) is 1. The van der Waals surface area contributed by atoms with Crippen LogP contribution in [-0.2, 0) is 4.79 Å². The maximum absolute atomic E-state index is 12.6. The zero-order chi connectivity index (χ0) is 16.1. The molecule has 0 saturated heterocycles. The van der Waals surface area contributed by atoms with Crippen LogP contribution in [0.5, 0.6) is 0 Å². The summed E-state index contributed by atoms with van der Waals surface area (Å²) >= 11 is 3.26. The van der Waals surface area contributed by atoms with E-state index in [-0.39, 0.29) is 11.4 Å². The molecule has 0 radical (unpaired) electrons. The number of nitrogens with one attached hydrogen (secondary N) is 1. The van der Waals surface area contributed by atoms with Crippen molar-refractivity contribution in [1.29, 1.82) is 0 Å². The Morgan fingerprint density at radius 2 is 1.83 bits per heavy atom. The van der Waals surface area contributed by atoms with Gasteiger partial charge in [0.25, 0.3) is 0 Å². The molecule has 0 aliphatic heterocycles. The molecule has 1 aromatic heterocycles. The number of nitrogens with zero attached hydrogens (tertiary/aromatic N) is 1. The van der Waals surface area contributed by atoms with Crippen LogP contribution in [0.15, 0.2) is 28.6 Å². The molecule has 1 N–H and O–H groups in total. The van der Waals surface area contributed by atoms with Gasteiger partial charge in [-0.3, -0.25) is 4.79 Å². The van der Waals surface area contributed by atoms with Gasteiger partial charge in [-0.25, -0.2) is 4.98 Å². The Bertz CT molecular complexity index is 716. The number of aromatic nitrogens is 1. The second-order valence-corrected chi connectivity index (χ2v) is 10.2. The van der Waals surface area contributed by atoms with Gasteiger partial charge in [0.05, 0.1) is 16.0 Å². The SMILES string of the molecule is O=C(CSc1nc2ccccc2s1)NC12CC3CC(CC(C3)C1)C2. The molecule has 3 nitrogen and oxygen atoms in total. The maximum Gasteiger partial charge on any atom is 0.230 e. The third-order valence-electron chi connectivity index (χ3n) is 6.04. The molecule has 24 heavy (non-hydrogen) atoms. The number of carbonyl (C=O) groups excluding carboxylic acids is 1. The van der Waals surface area contributed by atoms with Crippen LogP contribution in [-0.4, -0.2) is 22.2 Å². The summed E-state index contributed by atoms with van der Waals surface area (Å²) in [6.45, 7) is 0.